The maximum absolute atomic E-state index is 13.5. The first-order valence-electron chi connectivity index (χ1n) is 12.8. The van der Waals surface area contributed by atoms with Gasteiger partial charge in [0.1, 0.15) is 23.4 Å². The number of aliphatic hydroxyl groups is 1. The highest BCUT2D eigenvalue weighted by atomic mass is 35.5. The molecule has 0 radical (unpaired) electrons. The summed E-state index contributed by atoms with van der Waals surface area (Å²) in [6, 6.07) is 18.9. The smallest absolute Gasteiger partial charge is 0.301 e. The Morgan fingerprint density at radius 3 is 2.68 bits per heavy atom. The molecule has 6 rings (SSSR count). The summed E-state index contributed by atoms with van der Waals surface area (Å²) in [4.78, 5) is 28.4. The normalized spacial score (nSPS) is 19.3. The van der Waals surface area contributed by atoms with Crippen molar-refractivity contribution in [3.05, 3.63) is 99.6 Å². The summed E-state index contributed by atoms with van der Waals surface area (Å²) in [5.74, 6) is 0.0879. The van der Waals surface area contributed by atoms with Gasteiger partial charge in [-0.2, -0.15) is 0 Å². The van der Waals surface area contributed by atoms with E-state index in [0.717, 1.165) is 16.9 Å². The first-order chi connectivity index (χ1) is 19.8. The number of carbonyl (C=O) groups excluding carboxylic acids is 2. The number of fused-ring (bicyclic) bond motifs is 1. The Kier molecular flexibility index (Phi) is 7.46. The third kappa shape index (κ3) is 5.18. The Labute approximate surface area is 249 Å². The van der Waals surface area contributed by atoms with Gasteiger partial charge in [-0.15, -0.1) is 10.2 Å². The second kappa shape index (κ2) is 11.2. The maximum Gasteiger partial charge on any atom is 0.301 e. The lowest BCUT2D eigenvalue weighted by Crippen LogP contribution is -2.29. The van der Waals surface area contributed by atoms with E-state index < -0.39 is 17.7 Å². The van der Waals surface area contributed by atoms with Crippen LogP contribution in [0.15, 0.2) is 76.6 Å². The van der Waals surface area contributed by atoms with Crippen LogP contribution in [-0.2, 0) is 21.8 Å². The van der Waals surface area contributed by atoms with E-state index >= 15 is 0 Å². The van der Waals surface area contributed by atoms with Gasteiger partial charge >= 0.3 is 5.91 Å². The van der Waals surface area contributed by atoms with Crippen LogP contribution in [0, 0.1) is 0 Å². The number of methoxy groups -OCH3 is 1. The van der Waals surface area contributed by atoms with Crippen LogP contribution in [0.1, 0.15) is 35.2 Å². The van der Waals surface area contributed by atoms with Gasteiger partial charge in [0.05, 0.1) is 18.7 Å². The minimum atomic E-state index is -0.918. The van der Waals surface area contributed by atoms with Crippen molar-refractivity contribution < 1.29 is 24.2 Å². The summed E-state index contributed by atoms with van der Waals surface area (Å²) >= 11 is 8.93. The molecule has 0 aliphatic carbocycles. The number of Topliss-reactive ketones (excluding diaryl/α,β-unsaturated/α-hetero) is 1. The lowest BCUT2D eigenvalue weighted by atomic mass is 9.94. The minimum absolute atomic E-state index is 0.0208. The van der Waals surface area contributed by atoms with Crippen LogP contribution >= 0.6 is 34.7 Å². The topological polar surface area (TPSA) is 102 Å². The Bertz CT molecular complexity index is 1690. The quantitative estimate of drug-likeness (QED) is 0.0844. The van der Waals surface area contributed by atoms with E-state index in [1.807, 2.05) is 31.2 Å². The van der Waals surface area contributed by atoms with Gasteiger partial charge in [0.15, 0.2) is 4.34 Å². The third-order valence-electron chi connectivity index (χ3n) is 6.96. The Morgan fingerprint density at radius 2 is 1.93 bits per heavy atom. The summed E-state index contributed by atoms with van der Waals surface area (Å²) in [6.07, 6.45) is 0.709. The number of aliphatic hydroxyl groups excluding tert-OH is 1. The van der Waals surface area contributed by atoms with Gasteiger partial charge in [-0.05, 0) is 60.0 Å². The van der Waals surface area contributed by atoms with Gasteiger partial charge in [-0.3, -0.25) is 14.5 Å². The number of carbonyl (C=O) groups is 2. The first kappa shape index (κ1) is 27.3. The molecule has 1 aromatic heterocycles. The number of ether oxygens (including phenoxy) is 2. The molecule has 2 atom stereocenters. The van der Waals surface area contributed by atoms with Crippen molar-refractivity contribution in [2.75, 3.05) is 12.0 Å². The van der Waals surface area contributed by atoms with Gasteiger partial charge < -0.3 is 14.6 Å². The molecule has 0 saturated carbocycles. The van der Waals surface area contributed by atoms with Crippen LogP contribution in [0.4, 0.5) is 5.13 Å². The zero-order valence-corrected chi connectivity index (χ0v) is 24.4. The molecule has 0 spiro atoms. The highest BCUT2D eigenvalue weighted by Crippen LogP contribution is 2.45. The van der Waals surface area contributed by atoms with Gasteiger partial charge in [-0.25, -0.2) is 0 Å². The van der Waals surface area contributed by atoms with Crippen molar-refractivity contribution in [1.29, 1.82) is 0 Å². The summed E-state index contributed by atoms with van der Waals surface area (Å²) in [7, 11) is 1.56. The molecule has 1 N–H and O–H groups in total. The van der Waals surface area contributed by atoms with E-state index in [9.17, 15) is 14.7 Å². The molecular formula is C30H24ClN3O5S2. The minimum Gasteiger partial charge on any atom is -0.507 e. The molecule has 2 aliphatic heterocycles. The van der Waals surface area contributed by atoms with E-state index in [0.29, 0.717) is 38.4 Å². The second-order valence-electron chi connectivity index (χ2n) is 9.63. The Morgan fingerprint density at radius 1 is 1.15 bits per heavy atom. The lowest BCUT2D eigenvalue weighted by Gasteiger charge is -2.22. The highest BCUT2D eigenvalue weighted by Gasteiger charge is 2.48. The number of aromatic nitrogens is 2. The van der Waals surface area contributed by atoms with Crippen LogP contribution in [-0.4, -0.2) is 40.2 Å². The summed E-state index contributed by atoms with van der Waals surface area (Å²) < 4.78 is 11.7. The van der Waals surface area contributed by atoms with E-state index in [-0.39, 0.29) is 22.6 Å². The molecule has 3 heterocycles. The fraction of sp³-hybridized carbons (Fsp3) is 0.200. The monoisotopic (exact) mass is 605 g/mol. The molecule has 2 aliphatic rings. The number of anilines is 1. The molecule has 0 bridgehead atoms. The van der Waals surface area contributed by atoms with Crippen molar-refractivity contribution in [2.45, 2.75) is 35.6 Å². The number of nitrogens with zero attached hydrogens (tertiary/aromatic N) is 3. The summed E-state index contributed by atoms with van der Waals surface area (Å²) in [6.45, 7) is 1.97. The predicted octanol–water partition coefficient (Wildman–Crippen LogP) is 6.44. The van der Waals surface area contributed by atoms with Gasteiger partial charge in [0.2, 0.25) is 5.13 Å². The largest absolute Gasteiger partial charge is 0.507 e. The molecule has 11 heteroatoms. The standard InChI is InChI=1S/C30H24ClN3O5S2/c1-16-13-20-14-18(9-12-23(20)39-16)26(35)24-25(17-7-10-21(38-2)11-8-17)34(28(37)27(24)36)29-32-33-30(41-29)40-15-19-5-3-4-6-22(19)31/h3-12,14,16,25,35H,13,15H2,1-2H3/t16-,25+/m1/s1. The van der Waals surface area contributed by atoms with Gasteiger partial charge in [-0.1, -0.05) is 65.0 Å². The molecular weight excluding hydrogens is 582 g/mol. The molecule has 8 nitrogen and oxygen atoms in total. The fourth-order valence-corrected chi connectivity index (χ4v) is 7.12. The number of hydrogen-bond acceptors (Lipinski definition) is 9. The number of halogens is 1. The zero-order chi connectivity index (χ0) is 28.7. The molecule has 0 unspecified atom stereocenters. The lowest BCUT2D eigenvalue weighted by molar-refractivity contribution is -0.132. The highest BCUT2D eigenvalue weighted by molar-refractivity contribution is 8.00. The molecule has 1 amide bonds. The van der Waals surface area contributed by atoms with Crippen molar-refractivity contribution in [3.8, 4) is 11.5 Å². The first-order valence-corrected chi connectivity index (χ1v) is 15.0. The maximum atomic E-state index is 13.5. The molecule has 4 aromatic rings. The third-order valence-corrected chi connectivity index (χ3v) is 9.43. The van der Waals surface area contributed by atoms with Gasteiger partial charge in [0.25, 0.3) is 5.78 Å². The van der Waals surface area contributed by atoms with Crippen LogP contribution in [0.5, 0.6) is 11.5 Å². The van der Waals surface area contributed by atoms with Crippen molar-refractivity contribution >= 4 is 57.3 Å². The van der Waals surface area contributed by atoms with Gasteiger partial charge in [0, 0.05) is 22.8 Å². The molecule has 1 fully saturated rings. The Hall–Kier alpha value is -3.86. The van der Waals surface area contributed by atoms with Crippen LogP contribution in [0.2, 0.25) is 5.02 Å². The number of benzene rings is 3. The number of amides is 1. The van der Waals surface area contributed by atoms with E-state index in [4.69, 9.17) is 21.1 Å². The van der Waals surface area contributed by atoms with Crippen LogP contribution in [0.3, 0.4) is 0 Å². The number of thioether (sulfide) groups is 1. The molecule has 3 aromatic carbocycles. The average Bonchev–Trinajstić information content (AvgIpc) is 3.67. The van der Waals surface area contributed by atoms with Crippen LogP contribution in [0.25, 0.3) is 5.76 Å². The number of rotatable bonds is 7. The van der Waals surface area contributed by atoms with E-state index in [2.05, 4.69) is 10.2 Å². The van der Waals surface area contributed by atoms with Crippen LogP contribution < -0.4 is 14.4 Å². The van der Waals surface area contributed by atoms with E-state index in [1.165, 1.54) is 28.0 Å². The van der Waals surface area contributed by atoms with Crippen molar-refractivity contribution in [3.63, 3.8) is 0 Å². The number of ketones is 1. The van der Waals surface area contributed by atoms with E-state index in [1.54, 1.807) is 49.6 Å². The van der Waals surface area contributed by atoms with Crippen molar-refractivity contribution in [2.24, 2.45) is 0 Å². The second-order valence-corrected chi connectivity index (χ2v) is 12.2. The van der Waals surface area contributed by atoms with Crippen molar-refractivity contribution in [1.82, 2.24) is 10.2 Å². The summed E-state index contributed by atoms with van der Waals surface area (Å²) in [5, 5.41) is 21.0. The molecule has 208 valence electrons. The summed E-state index contributed by atoms with van der Waals surface area (Å²) in [5.41, 5.74) is 2.91. The predicted molar refractivity (Wildman–Crippen MR) is 159 cm³/mol. The number of hydrogen-bond donors (Lipinski definition) is 1. The Balaban J connectivity index is 1.39. The SMILES string of the molecule is COc1ccc([C@H]2C(=C(O)c3ccc4c(c3)C[C@@H](C)O4)C(=O)C(=O)N2c2nnc(SCc3ccccc3Cl)s2)cc1. The zero-order valence-electron chi connectivity index (χ0n) is 22.0. The average molecular weight is 606 g/mol. The fourth-order valence-electron chi connectivity index (χ4n) is 4.97. The molecule has 41 heavy (non-hydrogen) atoms. The molecule has 1 saturated heterocycles.